The van der Waals surface area contributed by atoms with Gasteiger partial charge in [-0.15, -0.1) is 5.10 Å². The van der Waals surface area contributed by atoms with Gasteiger partial charge in [-0.1, -0.05) is 109 Å². The summed E-state index contributed by atoms with van der Waals surface area (Å²) in [5, 5.41) is 4.33. The average molecular weight is 836 g/mol. The molecule has 0 radical (unpaired) electrons. The van der Waals surface area contributed by atoms with E-state index in [4.69, 9.17) is 0 Å². The van der Waals surface area contributed by atoms with Crippen LogP contribution in [0.4, 0.5) is 0 Å². The molecule has 0 bridgehead atoms. The normalized spacial score (nSPS) is 12.1. The highest BCUT2D eigenvalue weighted by Gasteiger charge is 2.23. The van der Waals surface area contributed by atoms with E-state index in [1.54, 1.807) is 10.7 Å². The van der Waals surface area contributed by atoms with E-state index in [9.17, 15) is 0 Å². The molecule has 57 heavy (non-hydrogen) atoms. The van der Waals surface area contributed by atoms with Gasteiger partial charge < -0.3 is 8.80 Å². The Hall–Kier alpha value is -4.90. The Labute approximate surface area is 348 Å². The molecule has 0 aliphatic rings. The van der Waals surface area contributed by atoms with Crippen molar-refractivity contribution < 1.29 is 0 Å². The molecule has 11 heteroatoms. The number of fused-ring (bicyclic) bond motifs is 4. The predicted molar refractivity (Wildman–Crippen MR) is 240 cm³/mol. The van der Waals surface area contributed by atoms with Gasteiger partial charge in [-0.3, -0.25) is 4.40 Å². The second-order valence-electron chi connectivity index (χ2n) is 18.7. The lowest BCUT2D eigenvalue weighted by Crippen LogP contribution is -2.13. The van der Waals surface area contributed by atoms with Crippen LogP contribution >= 0.6 is 15.9 Å². The second kappa shape index (κ2) is 16.9. The summed E-state index contributed by atoms with van der Waals surface area (Å²) in [5.41, 5.74) is 10.5. The lowest BCUT2D eigenvalue weighted by molar-refractivity contribution is 0.545. The lowest BCUT2D eigenvalue weighted by Gasteiger charge is -2.15. The van der Waals surface area contributed by atoms with Gasteiger partial charge in [0, 0.05) is 65.0 Å². The van der Waals surface area contributed by atoms with Gasteiger partial charge in [-0.2, -0.15) is 4.98 Å². The van der Waals surface area contributed by atoms with Gasteiger partial charge >= 0.3 is 0 Å². The minimum Gasteiger partial charge on any atom is -0.307 e. The first kappa shape index (κ1) is 44.8. The van der Waals surface area contributed by atoms with Gasteiger partial charge in [0.15, 0.2) is 5.82 Å². The molecule has 8 aromatic heterocycles. The molecule has 0 fully saturated rings. The number of hydrogen-bond acceptors (Lipinski definition) is 6. The Balaban J connectivity index is 0.000000168. The van der Waals surface area contributed by atoms with Crippen LogP contribution in [-0.2, 0) is 21.7 Å². The van der Waals surface area contributed by atoms with Crippen molar-refractivity contribution in [1.82, 2.24) is 47.7 Å². The number of imidazole rings is 3. The van der Waals surface area contributed by atoms with Crippen LogP contribution in [0.3, 0.4) is 0 Å². The maximum absolute atomic E-state index is 4.64. The Morgan fingerprint density at radius 3 is 1.44 bits per heavy atom. The summed E-state index contributed by atoms with van der Waals surface area (Å²) in [4.78, 5) is 22.2. The predicted octanol–water partition coefficient (Wildman–Crippen LogP) is 11.6. The molecule has 0 saturated heterocycles. The molecule has 8 aromatic rings. The largest absolute Gasteiger partial charge is 0.307 e. The number of aryl methyl sites for hydroxylation is 3. The maximum Gasteiger partial charge on any atom is 0.252 e. The van der Waals surface area contributed by atoms with Crippen LogP contribution in [0.2, 0.25) is 0 Å². The number of rotatable bonds is 0. The summed E-state index contributed by atoms with van der Waals surface area (Å²) in [6.45, 7) is 32.1. The third-order valence-corrected chi connectivity index (χ3v) is 9.70. The fourth-order valence-electron chi connectivity index (χ4n) is 5.58. The zero-order valence-corrected chi connectivity index (χ0v) is 37.5. The average Bonchev–Trinajstić information content (AvgIpc) is 3.88. The standard InChI is InChI=1S/C12H15BrN2.2C12H16N2.C9H12N4.CH4/c1-8-5-6-9-14-10(12(2,3)4)11(13)15(9)7-8;2*1-9-5-6-11-13-10(12(2,3)4)8-14(11)7-9;1-9(2,3)7-11-8-10-5-4-6-13(8)12-7;/h5-7H,1-4H3;2*5-8H,1-4H3;4-6H,1-3H3;1H4. The number of hydrogen-bond donors (Lipinski definition) is 0. The van der Waals surface area contributed by atoms with Gasteiger partial charge in [0.05, 0.1) is 17.1 Å². The quantitative estimate of drug-likeness (QED) is 0.151. The lowest BCUT2D eigenvalue weighted by atomic mass is 9.93. The van der Waals surface area contributed by atoms with E-state index < -0.39 is 0 Å². The van der Waals surface area contributed by atoms with Crippen molar-refractivity contribution in [3.05, 3.63) is 130 Å². The fraction of sp³-hybridized carbons (Fsp3) is 0.435. The van der Waals surface area contributed by atoms with Crippen LogP contribution in [0.1, 0.15) is 130 Å². The first-order valence-electron chi connectivity index (χ1n) is 19.1. The summed E-state index contributed by atoms with van der Waals surface area (Å²) in [5.74, 6) is 1.48. The molecule has 8 rings (SSSR count). The summed E-state index contributed by atoms with van der Waals surface area (Å²) in [6, 6.07) is 14.3. The Morgan fingerprint density at radius 2 is 1.00 bits per heavy atom. The molecule has 0 aliphatic heterocycles. The van der Waals surface area contributed by atoms with Crippen molar-refractivity contribution in [1.29, 1.82) is 0 Å². The molecule has 304 valence electrons. The molecule has 0 atom stereocenters. The van der Waals surface area contributed by atoms with E-state index in [-0.39, 0.29) is 29.1 Å². The SMILES string of the molecule is C.CC(C)(C)c1nc2ncccn2n1.Cc1ccc2nc(C(C)(C)C)c(Br)n2c1.Cc1ccc2nc(C(C)(C)C)cn2c1.Cc1ccc2nc(C(C)(C)C)cn2c1. The first-order chi connectivity index (χ1) is 25.9. The monoisotopic (exact) mass is 834 g/mol. The van der Waals surface area contributed by atoms with Crippen molar-refractivity contribution >= 4 is 38.6 Å². The van der Waals surface area contributed by atoms with E-state index in [2.05, 4.69) is 230 Å². The van der Waals surface area contributed by atoms with Gasteiger partial charge in [0.2, 0.25) is 0 Å². The van der Waals surface area contributed by atoms with Crippen molar-refractivity contribution in [3.63, 3.8) is 0 Å². The van der Waals surface area contributed by atoms with Crippen LogP contribution in [0.25, 0.3) is 22.7 Å². The summed E-state index contributed by atoms with van der Waals surface area (Å²) in [6.07, 6.45) is 14.1. The molecular formula is C46H63BrN10. The van der Waals surface area contributed by atoms with Crippen LogP contribution in [0, 0.1) is 20.8 Å². The third-order valence-electron chi connectivity index (χ3n) is 8.94. The fourth-order valence-corrected chi connectivity index (χ4v) is 6.55. The molecular weight excluding hydrogens is 772 g/mol. The Kier molecular flexibility index (Phi) is 13.3. The van der Waals surface area contributed by atoms with Crippen LogP contribution in [0.5, 0.6) is 0 Å². The van der Waals surface area contributed by atoms with Crippen molar-refractivity contribution in [2.45, 2.75) is 133 Å². The van der Waals surface area contributed by atoms with Crippen LogP contribution < -0.4 is 0 Å². The summed E-state index contributed by atoms with van der Waals surface area (Å²) < 4.78 is 9.04. The van der Waals surface area contributed by atoms with Gasteiger partial charge in [-0.05, 0) is 77.7 Å². The smallest absolute Gasteiger partial charge is 0.252 e. The van der Waals surface area contributed by atoms with Crippen molar-refractivity contribution in [3.8, 4) is 0 Å². The molecule has 0 amide bonds. The second-order valence-corrected chi connectivity index (χ2v) is 19.4. The van der Waals surface area contributed by atoms with Gasteiger partial charge in [0.1, 0.15) is 21.5 Å². The Morgan fingerprint density at radius 1 is 0.526 bits per heavy atom. The molecule has 0 N–H and O–H groups in total. The molecule has 0 spiro atoms. The van der Waals surface area contributed by atoms with E-state index in [1.165, 1.54) is 16.7 Å². The highest BCUT2D eigenvalue weighted by atomic mass is 79.9. The third kappa shape index (κ3) is 11.2. The molecule has 0 aliphatic carbocycles. The van der Waals surface area contributed by atoms with Crippen molar-refractivity contribution in [2.75, 3.05) is 0 Å². The molecule has 8 heterocycles. The summed E-state index contributed by atoms with van der Waals surface area (Å²) in [7, 11) is 0. The van der Waals surface area contributed by atoms with E-state index in [0.717, 1.165) is 44.5 Å². The number of halogens is 1. The highest BCUT2D eigenvalue weighted by Crippen LogP contribution is 2.30. The summed E-state index contributed by atoms with van der Waals surface area (Å²) >= 11 is 3.62. The molecule has 10 nitrogen and oxygen atoms in total. The Bertz CT molecular complexity index is 2450. The van der Waals surface area contributed by atoms with E-state index >= 15 is 0 Å². The zero-order chi connectivity index (χ0) is 41.4. The maximum atomic E-state index is 4.64. The van der Waals surface area contributed by atoms with Crippen molar-refractivity contribution in [2.24, 2.45) is 0 Å². The number of aromatic nitrogens is 10. The number of nitrogens with zero attached hydrogens (tertiary/aromatic N) is 10. The molecule has 0 aromatic carbocycles. The van der Waals surface area contributed by atoms with Crippen LogP contribution in [-0.4, -0.2) is 47.7 Å². The zero-order valence-electron chi connectivity index (χ0n) is 35.9. The van der Waals surface area contributed by atoms with E-state index in [1.807, 2.05) is 12.3 Å². The topological polar surface area (TPSA) is 95.0 Å². The highest BCUT2D eigenvalue weighted by molar-refractivity contribution is 9.10. The minimum absolute atomic E-state index is 0. The molecule has 0 unspecified atom stereocenters. The van der Waals surface area contributed by atoms with Crippen LogP contribution in [0.15, 0.2) is 90.4 Å². The van der Waals surface area contributed by atoms with Gasteiger partial charge in [0.25, 0.3) is 5.78 Å². The van der Waals surface area contributed by atoms with Gasteiger partial charge in [-0.25, -0.2) is 24.5 Å². The first-order valence-corrected chi connectivity index (χ1v) is 19.9. The number of pyridine rings is 3. The van der Waals surface area contributed by atoms with E-state index in [0.29, 0.717) is 5.78 Å². The molecule has 0 saturated carbocycles. The minimum atomic E-state index is -0.0201.